The first-order chi connectivity index (χ1) is 50.0. The van der Waals surface area contributed by atoms with Crippen molar-refractivity contribution in [2.24, 2.45) is 23.2 Å². The van der Waals surface area contributed by atoms with Crippen molar-refractivity contribution in [1.29, 1.82) is 0 Å². The SMILES string of the molecule is COc1cc2c(cc1OCCCCCOc1cc3c(cc1OC)C(=O)N1Cc4ccccc4C[C@H]1[C@H](O)N3C(=O)OCc1ccc(O[C@@H]3O[C@H](C(=O)O)[C@@H](O)[C@H](O)[C@H]3O)c(NC(=O)CCOCCOCCOCCOCCNC(=O)OCC3[C@H]4CCC#CCC[C@@H]34)c1)NC[C@@H]1CC3(CC3)CN1C2=O. The molecule has 0 radical (unpaired) electrons. The van der Waals surface area contributed by atoms with Gasteiger partial charge in [0, 0.05) is 57.2 Å². The van der Waals surface area contributed by atoms with Crippen LogP contribution < -0.4 is 44.5 Å². The average molecular weight is 1430 g/mol. The molecule has 0 aromatic heterocycles. The second kappa shape index (κ2) is 34.3. The summed E-state index contributed by atoms with van der Waals surface area (Å²) in [5.74, 6) is 6.42. The number of hydrogen-bond acceptors (Lipinski definition) is 23. The lowest BCUT2D eigenvalue weighted by Crippen LogP contribution is -2.61. The van der Waals surface area contributed by atoms with Crippen LogP contribution in [0.25, 0.3) is 0 Å². The van der Waals surface area contributed by atoms with Crippen molar-refractivity contribution in [2.75, 3.05) is 122 Å². The number of hydrogen-bond donors (Lipinski definition) is 8. The number of ether oxygens (including phenoxy) is 12. The van der Waals surface area contributed by atoms with E-state index >= 15 is 0 Å². The zero-order chi connectivity index (χ0) is 72.2. The summed E-state index contributed by atoms with van der Waals surface area (Å²) in [4.78, 5) is 85.7. The second-order valence-electron chi connectivity index (χ2n) is 27.2. The van der Waals surface area contributed by atoms with Gasteiger partial charge in [0.2, 0.25) is 12.2 Å². The molecule has 556 valence electrons. The number of amides is 5. The second-order valence-corrected chi connectivity index (χ2v) is 27.2. The Morgan fingerprint density at radius 2 is 1.34 bits per heavy atom. The van der Waals surface area contributed by atoms with Crippen LogP contribution in [0.2, 0.25) is 0 Å². The number of aliphatic hydroxyl groups is 4. The molecule has 1 unspecified atom stereocenters. The third kappa shape index (κ3) is 17.9. The molecule has 1 spiro atoms. The van der Waals surface area contributed by atoms with Crippen LogP contribution in [0.1, 0.15) is 108 Å². The Balaban J connectivity index is 0.637. The van der Waals surface area contributed by atoms with Gasteiger partial charge in [-0.15, -0.1) is 11.8 Å². The Morgan fingerprint density at radius 1 is 0.689 bits per heavy atom. The number of methoxy groups -OCH3 is 2. The maximum atomic E-state index is 14.8. The number of carbonyl (C=O) groups is 6. The minimum absolute atomic E-state index is 0.0000255. The molecule has 103 heavy (non-hydrogen) atoms. The molecule has 0 bridgehead atoms. The predicted octanol–water partition coefficient (Wildman–Crippen LogP) is 5.63. The van der Waals surface area contributed by atoms with Gasteiger partial charge in [-0.1, -0.05) is 30.3 Å². The molecular weight excluding hydrogens is 1340 g/mol. The summed E-state index contributed by atoms with van der Waals surface area (Å²) < 4.78 is 69.1. The topological polar surface area (TPSA) is 360 Å². The highest BCUT2D eigenvalue weighted by molar-refractivity contribution is 6.06. The monoisotopic (exact) mass is 1430 g/mol. The lowest BCUT2D eigenvalue weighted by molar-refractivity contribution is -0.271. The smallest absolute Gasteiger partial charge is 0.416 e. The van der Waals surface area contributed by atoms with E-state index in [4.69, 9.17) is 56.8 Å². The van der Waals surface area contributed by atoms with Crippen LogP contribution in [0, 0.1) is 35.0 Å². The number of aliphatic hydroxyl groups excluding tert-OH is 4. The van der Waals surface area contributed by atoms with Crippen LogP contribution in [-0.2, 0) is 62.3 Å². The van der Waals surface area contributed by atoms with Gasteiger partial charge in [-0.3, -0.25) is 14.4 Å². The van der Waals surface area contributed by atoms with Gasteiger partial charge in [-0.05, 0) is 122 Å². The summed E-state index contributed by atoms with van der Waals surface area (Å²) in [6.45, 7) is 4.01. The molecule has 4 aromatic carbocycles. The fourth-order valence-corrected chi connectivity index (χ4v) is 14.5. The van der Waals surface area contributed by atoms with Gasteiger partial charge in [0.05, 0.1) is 128 Å². The van der Waals surface area contributed by atoms with Gasteiger partial charge in [-0.25, -0.2) is 19.3 Å². The van der Waals surface area contributed by atoms with Crippen molar-refractivity contribution in [3.05, 3.63) is 94.5 Å². The molecule has 3 aliphatic carbocycles. The van der Waals surface area contributed by atoms with E-state index in [1.54, 1.807) is 13.2 Å². The zero-order valence-electron chi connectivity index (χ0n) is 57.9. The Morgan fingerprint density at radius 3 is 2.02 bits per heavy atom. The predicted molar refractivity (Wildman–Crippen MR) is 367 cm³/mol. The summed E-state index contributed by atoms with van der Waals surface area (Å²) in [7, 11) is 2.97. The number of unbranched alkanes of at least 4 members (excludes halogenated alkanes) is 2. The zero-order valence-corrected chi connectivity index (χ0v) is 57.9. The Bertz CT molecular complexity index is 3730. The number of anilines is 3. The van der Waals surface area contributed by atoms with E-state index < -0.39 is 79.6 Å². The molecule has 8 N–H and O–H groups in total. The van der Waals surface area contributed by atoms with E-state index in [-0.39, 0.29) is 116 Å². The lowest BCUT2D eigenvalue weighted by Gasteiger charge is -2.39. The molecule has 4 aromatic rings. The molecule has 2 saturated heterocycles. The van der Waals surface area contributed by atoms with Gasteiger partial charge in [0.25, 0.3) is 11.8 Å². The van der Waals surface area contributed by atoms with Gasteiger partial charge in [-0.2, -0.15) is 0 Å². The number of fused-ring (bicyclic) bond motifs is 6. The fourth-order valence-electron chi connectivity index (χ4n) is 14.5. The molecule has 11 atom stereocenters. The van der Waals surface area contributed by atoms with Gasteiger partial charge >= 0.3 is 18.2 Å². The van der Waals surface area contributed by atoms with Crippen LogP contribution in [0.3, 0.4) is 0 Å². The van der Waals surface area contributed by atoms with E-state index in [1.807, 2.05) is 35.2 Å². The standard InChI is InChI=1S/C74H92N6O23/c1-92-58-34-50-53(76-39-47-38-74(19-20-74)43-79(47)67(50)85)36-60(58)98-22-10-5-11-23-99-61-37-55-51(35-59(61)93-2)68(86)78-40-46-13-9-8-12-45(46)33-56(78)69(87)80(55)73(91)101-41-44-16-17-57(102-71-65(84)63(82)64(83)66(103-71)70(88)89)54(32-44)77-62(81)18-24-94-26-28-96-30-31-97-29-27-95-25-21-75-72(90)100-42-52-48-14-6-3-4-7-15-49(48)52/h8-9,12-13,16-17,32,34-37,47-49,52,56,63-66,69,71,76,82-84,87H,5-7,10-11,14-15,18-31,33,38-43H2,1-2H3,(H,75,90)(H,77,81)(H,88,89)/t47-,48-,49+,52?,56-,63-,64-,65+,66-,69-,71+/m0/s1. The van der Waals surface area contributed by atoms with Crippen molar-refractivity contribution < 1.29 is 111 Å². The molecule has 29 nitrogen and oxygen atoms in total. The van der Waals surface area contributed by atoms with Crippen molar-refractivity contribution in [3.8, 4) is 40.6 Å². The third-order valence-corrected chi connectivity index (χ3v) is 20.4. The van der Waals surface area contributed by atoms with E-state index in [1.165, 1.54) is 42.3 Å². The first-order valence-electron chi connectivity index (χ1n) is 35.5. The van der Waals surface area contributed by atoms with Crippen molar-refractivity contribution >= 4 is 52.9 Å². The quantitative estimate of drug-likeness (QED) is 0.0212. The highest BCUT2D eigenvalue weighted by Crippen LogP contribution is 2.56. The molecule has 2 saturated carbocycles. The van der Waals surface area contributed by atoms with Crippen molar-refractivity contribution in [3.63, 3.8) is 0 Å². The number of rotatable bonds is 33. The molecule has 29 heteroatoms. The van der Waals surface area contributed by atoms with Gasteiger partial charge < -0.3 is 108 Å². The molecule has 12 rings (SSSR count). The Labute approximate surface area is 596 Å². The van der Waals surface area contributed by atoms with Crippen LogP contribution in [0.4, 0.5) is 26.7 Å². The maximum absolute atomic E-state index is 14.8. The molecule has 5 heterocycles. The van der Waals surface area contributed by atoms with Crippen LogP contribution in [0.15, 0.2) is 66.7 Å². The van der Waals surface area contributed by atoms with Crippen LogP contribution in [0.5, 0.6) is 28.7 Å². The molecule has 8 aliphatic rings. The molecular formula is C74H92N6O23. The Kier molecular flexibility index (Phi) is 24.6. The average Bonchev–Trinajstić information content (AvgIpc) is 1.60. The maximum Gasteiger partial charge on any atom is 0.416 e. The van der Waals surface area contributed by atoms with Crippen LogP contribution >= 0.6 is 0 Å². The highest BCUT2D eigenvalue weighted by Gasteiger charge is 2.55. The number of nitrogens with zero attached hydrogens (tertiary/aromatic N) is 3. The van der Waals surface area contributed by atoms with Gasteiger partial charge in [0.15, 0.2) is 35.3 Å². The molecule has 5 amide bonds. The number of nitrogens with one attached hydrogen (secondary N) is 3. The van der Waals surface area contributed by atoms with Crippen molar-refractivity contribution in [1.82, 2.24) is 15.1 Å². The summed E-state index contributed by atoms with van der Waals surface area (Å²) in [5, 5.41) is 63.0. The van der Waals surface area contributed by atoms with Crippen LogP contribution in [-0.4, -0.2) is 227 Å². The number of aliphatic carboxylic acids is 1. The number of benzene rings is 4. The molecule has 5 aliphatic heterocycles. The summed E-state index contributed by atoms with van der Waals surface area (Å²) in [6, 6.07) is 17.3. The van der Waals surface area contributed by atoms with Gasteiger partial charge in [0.1, 0.15) is 30.7 Å². The first kappa shape index (κ1) is 74.0. The van der Waals surface area contributed by atoms with Crippen molar-refractivity contribution in [2.45, 2.75) is 139 Å². The minimum atomic E-state index is -2.02. The number of carboxylic acid groups (broad SMARTS) is 1. The largest absolute Gasteiger partial charge is 0.493 e. The van der Waals surface area contributed by atoms with E-state index in [0.717, 1.165) is 67.5 Å². The Hall–Kier alpha value is -8.70. The lowest BCUT2D eigenvalue weighted by atomic mass is 9.93. The molecule has 4 fully saturated rings. The summed E-state index contributed by atoms with van der Waals surface area (Å²) in [6.07, 6.45) is -3.94. The first-order valence-corrected chi connectivity index (χ1v) is 35.5. The summed E-state index contributed by atoms with van der Waals surface area (Å²) >= 11 is 0. The van der Waals surface area contributed by atoms with E-state index in [0.29, 0.717) is 106 Å². The third-order valence-electron chi connectivity index (χ3n) is 20.4. The minimum Gasteiger partial charge on any atom is -0.493 e. The van der Waals surface area contributed by atoms with E-state index in [2.05, 4.69) is 27.8 Å². The highest BCUT2D eigenvalue weighted by atomic mass is 16.7. The van der Waals surface area contributed by atoms with E-state index in [9.17, 15) is 54.3 Å². The summed E-state index contributed by atoms with van der Waals surface area (Å²) in [5.41, 5.74) is 3.44. The number of alkyl carbamates (subject to hydrolysis) is 1. The fraction of sp³-hybridized carbons (Fsp3) is 0.568. The normalized spacial score (nSPS) is 24.6. The number of carbonyl (C=O) groups excluding carboxylic acids is 5. The number of carboxylic acids is 1.